The number of ether oxygens (including phenoxy) is 1. The number of nitrogens with zero attached hydrogens (tertiary/aromatic N) is 3. The monoisotopic (exact) mass is 475 g/mol. The molecule has 34 heavy (non-hydrogen) atoms. The molecule has 1 amide bonds. The number of alkyl halides is 3. The molecule has 2 fully saturated rings. The largest absolute Gasteiger partial charge is 0.417 e. The van der Waals surface area contributed by atoms with Crippen LogP contribution in [-0.2, 0) is 10.9 Å². The number of likely N-dealkylation sites (tertiary alicyclic amines) is 1. The summed E-state index contributed by atoms with van der Waals surface area (Å²) in [6.45, 7) is 4.75. The standard InChI is InChI=1S/C25H25F4N3O2/c1-2-34-16-24-9-10-31(21-8-5-18(12-30)22(11-21)25(27,28)29)13-19(24)14-32(15-24)23(33)17-3-6-20(26)7-4-17/h3-8,11,19H,2,9-10,13-16H2,1H3/t19-,24+/m1/s1. The maximum Gasteiger partial charge on any atom is 0.417 e. The van der Waals surface area contributed by atoms with Gasteiger partial charge in [0.25, 0.3) is 5.91 Å². The molecule has 0 N–H and O–H groups in total. The number of piperidine rings is 1. The zero-order valence-electron chi connectivity index (χ0n) is 18.7. The van der Waals surface area contributed by atoms with Crippen LogP contribution < -0.4 is 4.90 Å². The van der Waals surface area contributed by atoms with Crippen LogP contribution in [0.5, 0.6) is 0 Å². The second-order valence-electron chi connectivity index (χ2n) is 8.92. The zero-order chi connectivity index (χ0) is 24.5. The number of carbonyl (C=O) groups excluding carboxylic acids is 1. The van der Waals surface area contributed by atoms with E-state index >= 15 is 0 Å². The normalized spacial score (nSPS) is 22.4. The maximum absolute atomic E-state index is 13.5. The van der Waals surface area contributed by atoms with E-state index in [4.69, 9.17) is 10.00 Å². The van der Waals surface area contributed by atoms with Gasteiger partial charge < -0.3 is 14.5 Å². The molecule has 180 valence electrons. The summed E-state index contributed by atoms with van der Waals surface area (Å²) in [6, 6.07) is 10.8. The van der Waals surface area contributed by atoms with Gasteiger partial charge in [-0.05, 0) is 55.8 Å². The molecule has 2 heterocycles. The molecule has 5 nitrogen and oxygen atoms in total. The van der Waals surface area contributed by atoms with E-state index in [-0.39, 0.29) is 17.2 Å². The lowest BCUT2D eigenvalue weighted by Gasteiger charge is -2.44. The van der Waals surface area contributed by atoms with Crippen molar-refractivity contribution in [2.45, 2.75) is 19.5 Å². The van der Waals surface area contributed by atoms with Gasteiger partial charge in [-0.15, -0.1) is 0 Å². The Morgan fingerprint density at radius 2 is 1.94 bits per heavy atom. The summed E-state index contributed by atoms with van der Waals surface area (Å²) < 4.78 is 59.5. The summed E-state index contributed by atoms with van der Waals surface area (Å²) in [7, 11) is 0. The summed E-state index contributed by atoms with van der Waals surface area (Å²) >= 11 is 0. The van der Waals surface area contributed by atoms with E-state index in [9.17, 15) is 22.4 Å². The van der Waals surface area contributed by atoms with Crippen molar-refractivity contribution < 1.29 is 27.1 Å². The van der Waals surface area contributed by atoms with E-state index in [2.05, 4.69) is 0 Å². The molecule has 0 saturated carbocycles. The Morgan fingerprint density at radius 3 is 2.59 bits per heavy atom. The number of hydrogen-bond acceptors (Lipinski definition) is 4. The van der Waals surface area contributed by atoms with Crippen LogP contribution in [0.1, 0.15) is 34.8 Å². The van der Waals surface area contributed by atoms with Gasteiger partial charge in [0, 0.05) is 55.4 Å². The Balaban J connectivity index is 1.58. The molecule has 2 aromatic carbocycles. The fourth-order valence-corrected chi connectivity index (χ4v) is 5.05. The van der Waals surface area contributed by atoms with Gasteiger partial charge in [0.1, 0.15) is 5.82 Å². The van der Waals surface area contributed by atoms with Gasteiger partial charge in [0.05, 0.1) is 23.8 Å². The molecule has 2 aliphatic heterocycles. The highest BCUT2D eigenvalue weighted by molar-refractivity contribution is 5.94. The molecule has 2 aromatic rings. The Hall–Kier alpha value is -3.12. The molecule has 0 bridgehead atoms. The molecule has 2 aliphatic rings. The highest BCUT2D eigenvalue weighted by Crippen LogP contribution is 2.45. The number of hydrogen-bond donors (Lipinski definition) is 0. The van der Waals surface area contributed by atoms with Gasteiger partial charge in [-0.3, -0.25) is 4.79 Å². The minimum atomic E-state index is -4.62. The summed E-state index contributed by atoms with van der Waals surface area (Å²) in [6.07, 6.45) is -3.98. The van der Waals surface area contributed by atoms with Crippen LogP contribution in [0.3, 0.4) is 0 Å². The van der Waals surface area contributed by atoms with Crippen molar-refractivity contribution in [1.82, 2.24) is 4.90 Å². The minimum Gasteiger partial charge on any atom is -0.381 e. The zero-order valence-corrected chi connectivity index (χ0v) is 18.7. The Morgan fingerprint density at radius 1 is 1.21 bits per heavy atom. The highest BCUT2D eigenvalue weighted by Gasteiger charge is 2.51. The van der Waals surface area contributed by atoms with Crippen molar-refractivity contribution in [3.8, 4) is 6.07 Å². The Labute approximate surface area is 195 Å². The van der Waals surface area contributed by atoms with Crippen molar-refractivity contribution in [1.29, 1.82) is 5.26 Å². The van der Waals surface area contributed by atoms with Crippen LogP contribution in [0.15, 0.2) is 42.5 Å². The summed E-state index contributed by atoms with van der Waals surface area (Å²) in [5, 5.41) is 9.08. The van der Waals surface area contributed by atoms with Crippen LogP contribution in [-0.4, -0.2) is 50.2 Å². The first-order valence-electron chi connectivity index (χ1n) is 11.2. The lowest BCUT2D eigenvalue weighted by Crippen LogP contribution is -2.49. The first kappa shape index (κ1) is 24.0. The Bertz CT molecular complexity index is 1100. The molecule has 0 unspecified atom stereocenters. The van der Waals surface area contributed by atoms with E-state index in [1.54, 1.807) is 17.0 Å². The van der Waals surface area contributed by atoms with E-state index in [1.807, 2.05) is 11.8 Å². The van der Waals surface area contributed by atoms with Crippen LogP contribution in [0.2, 0.25) is 0 Å². The predicted octanol–water partition coefficient (Wildman–Crippen LogP) is 4.72. The van der Waals surface area contributed by atoms with Crippen molar-refractivity contribution in [3.05, 3.63) is 65.0 Å². The van der Waals surface area contributed by atoms with Crippen LogP contribution >= 0.6 is 0 Å². The third kappa shape index (κ3) is 4.60. The molecule has 4 rings (SSSR count). The molecule has 2 atom stereocenters. The van der Waals surface area contributed by atoms with Gasteiger partial charge in [0.15, 0.2) is 0 Å². The SMILES string of the molecule is CCOC[C@@]12CCN(c3ccc(C#N)c(C(F)(F)F)c3)C[C@@H]1CN(C(=O)c1ccc(F)cc1)C2. The van der Waals surface area contributed by atoms with Gasteiger partial charge in [0.2, 0.25) is 0 Å². The number of fused-ring (bicyclic) bond motifs is 1. The highest BCUT2D eigenvalue weighted by atomic mass is 19.4. The van der Waals surface area contributed by atoms with Gasteiger partial charge >= 0.3 is 6.18 Å². The fraction of sp³-hybridized carbons (Fsp3) is 0.440. The van der Waals surface area contributed by atoms with Gasteiger partial charge in [-0.25, -0.2) is 4.39 Å². The summed E-state index contributed by atoms with van der Waals surface area (Å²) in [5.41, 5.74) is -0.860. The second-order valence-corrected chi connectivity index (χ2v) is 8.92. The molecule has 2 saturated heterocycles. The molecular formula is C25H25F4N3O2. The Kier molecular flexibility index (Phi) is 6.54. The smallest absolute Gasteiger partial charge is 0.381 e. The maximum atomic E-state index is 13.5. The third-order valence-corrected chi connectivity index (χ3v) is 6.90. The van der Waals surface area contributed by atoms with E-state index in [0.717, 1.165) is 6.07 Å². The third-order valence-electron chi connectivity index (χ3n) is 6.90. The van der Waals surface area contributed by atoms with Crippen molar-refractivity contribution in [3.63, 3.8) is 0 Å². The van der Waals surface area contributed by atoms with Crippen LogP contribution in [0.25, 0.3) is 0 Å². The predicted molar refractivity (Wildman–Crippen MR) is 118 cm³/mol. The number of halogens is 4. The minimum absolute atomic E-state index is 0.0119. The molecule has 0 aromatic heterocycles. The van der Waals surface area contributed by atoms with E-state index in [1.165, 1.54) is 30.3 Å². The number of benzene rings is 2. The molecule has 9 heteroatoms. The number of nitriles is 1. The number of rotatable bonds is 5. The average molecular weight is 475 g/mol. The fourth-order valence-electron chi connectivity index (χ4n) is 5.05. The van der Waals surface area contributed by atoms with E-state index in [0.29, 0.717) is 57.1 Å². The number of amides is 1. The molecule has 0 radical (unpaired) electrons. The van der Waals surface area contributed by atoms with Crippen LogP contribution in [0.4, 0.5) is 23.2 Å². The second kappa shape index (κ2) is 9.26. The van der Waals surface area contributed by atoms with Crippen molar-refractivity contribution >= 4 is 11.6 Å². The van der Waals surface area contributed by atoms with E-state index < -0.39 is 23.1 Å². The quantitative estimate of drug-likeness (QED) is 0.588. The number of carbonyl (C=O) groups is 1. The molecule has 0 spiro atoms. The van der Waals surface area contributed by atoms with Crippen LogP contribution in [0, 0.1) is 28.5 Å². The first-order valence-corrected chi connectivity index (χ1v) is 11.2. The topological polar surface area (TPSA) is 56.6 Å². The average Bonchev–Trinajstić information content (AvgIpc) is 3.21. The van der Waals surface area contributed by atoms with Gasteiger partial charge in [-0.1, -0.05) is 0 Å². The number of anilines is 1. The van der Waals surface area contributed by atoms with Crippen molar-refractivity contribution in [2.75, 3.05) is 44.3 Å². The lowest BCUT2D eigenvalue weighted by molar-refractivity contribution is -0.137. The van der Waals surface area contributed by atoms with Gasteiger partial charge in [-0.2, -0.15) is 18.4 Å². The summed E-state index contributed by atoms with van der Waals surface area (Å²) in [4.78, 5) is 16.7. The molecule has 0 aliphatic carbocycles. The first-order chi connectivity index (χ1) is 16.2. The summed E-state index contributed by atoms with van der Waals surface area (Å²) in [5.74, 6) is -0.632. The van der Waals surface area contributed by atoms with Crippen molar-refractivity contribution in [2.24, 2.45) is 11.3 Å². The molecular weight excluding hydrogens is 450 g/mol. The lowest BCUT2D eigenvalue weighted by atomic mass is 9.73.